The molecule has 0 aliphatic heterocycles. The van der Waals surface area contributed by atoms with Gasteiger partial charge in [0.15, 0.2) is 0 Å². The van der Waals surface area contributed by atoms with Crippen LogP contribution in [0.4, 0.5) is 0 Å². The van der Waals surface area contributed by atoms with Gasteiger partial charge < -0.3 is 0 Å². The standard InChI is InChI=1S/C6H3O2/c7-5-3-1-2-4-6(5)8/h1-3H. The van der Waals surface area contributed by atoms with Crippen LogP contribution in [-0.4, -0.2) is 11.6 Å². The van der Waals surface area contributed by atoms with E-state index in [0.29, 0.717) is 0 Å². The maximum absolute atomic E-state index is 10.3. The smallest absolute Gasteiger partial charge is 0.233 e. The first-order chi connectivity index (χ1) is 3.80. The number of Topliss-reactive ketones (excluding diaryl/α,β-unsaturated/α-hetero) is 1. The van der Waals surface area contributed by atoms with Crippen LogP contribution in [0.2, 0.25) is 0 Å². The molecular weight excluding hydrogens is 104 g/mol. The lowest BCUT2D eigenvalue weighted by molar-refractivity contribution is -0.131. The summed E-state index contributed by atoms with van der Waals surface area (Å²) in [5, 5.41) is 0. The number of carbonyl (C=O) groups is 2. The van der Waals surface area contributed by atoms with Crippen LogP contribution in [0.1, 0.15) is 0 Å². The van der Waals surface area contributed by atoms with Crippen molar-refractivity contribution in [3.8, 4) is 0 Å². The zero-order chi connectivity index (χ0) is 5.98. The van der Waals surface area contributed by atoms with Gasteiger partial charge in [0.2, 0.25) is 11.6 Å². The van der Waals surface area contributed by atoms with Crippen LogP contribution >= 0.6 is 0 Å². The highest BCUT2D eigenvalue weighted by molar-refractivity contribution is 6.44. The third-order valence-corrected chi connectivity index (χ3v) is 0.782. The van der Waals surface area contributed by atoms with E-state index in [9.17, 15) is 9.59 Å². The Morgan fingerprint density at radius 2 is 2.12 bits per heavy atom. The molecule has 0 aromatic rings. The van der Waals surface area contributed by atoms with Crippen LogP contribution in [0.25, 0.3) is 0 Å². The molecule has 0 spiro atoms. The van der Waals surface area contributed by atoms with Crippen molar-refractivity contribution in [3.05, 3.63) is 24.3 Å². The summed E-state index contributed by atoms with van der Waals surface area (Å²) in [7, 11) is 0. The molecule has 0 fully saturated rings. The predicted octanol–water partition coefficient (Wildman–Crippen LogP) is 0.0538. The van der Waals surface area contributed by atoms with Gasteiger partial charge in [-0.1, -0.05) is 12.2 Å². The molecule has 0 unspecified atom stereocenters. The minimum Gasteiger partial charge on any atom is -0.286 e. The molecule has 0 amide bonds. The molecule has 0 heterocycles. The van der Waals surface area contributed by atoms with Crippen LogP contribution in [0.15, 0.2) is 18.2 Å². The van der Waals surface area contributed by atoms with Crippen molar-refractivity contribution >= 4 is 11.6 Å². The summed E-state index contributed by atoms with van der Waals surface area (Å²) in [5.41, 5.74) is 0. The molecule has 1 aliphatic carbocycles. The molecule has 0 aromatic carbocycles. The topological polar surface area (TPSA) is 34.1 Å². The first-order valence-corrected chi connectivity index (χ1v) is 2.15. The van der Waals surface area contributed by atoms with Gasteiger partial charge in [-0.15, -0.1) is 0 Å². The predicted molar refractivity (Wildman–Crippen MR) is 27.0 cm³/mol. The van der Waals surface area contributed by atoms with Crippen LogP contribution in [0.3, 0.4) is 0 Å². The summed E-state index contributed by atoms with van der Waals surface area (Å²) in [6.07, 6.45) is 6.36. The SMILES string of the molecule is O=C1[C]=CC=CC1=O. The third-order valence-electron chi connectivity index (χ3n) is 0.782. The molecule has 1 rings (SSSR count). The highest BCUT2D eigenvalue weighted by atomic mass is 16.2. The van der Waals surface area contributed by atoms with E-state index < -0.39 is 11.6 Å². The first kappa shape index (κ1) is 4.97. The molecule has 8 heavy (non-hydrogen) atoms. The number of rotatable bonds is 0. The van der Waals surface area contributed by atoms with Crippen molar-refractivity contribution in [1.29, 1.82) is 0 Å². The van der Waals surface area contributed by atoms with Gasteiger partial charge in [0.05, 0.1) is 0 Å². The Hall–Kier alpha value is -1.18. The molecule has 39 valence electrons. The van der Waals surface area contributed by atoms with Crippen LogP contribution < -0.4 is 0 Å². The summed E-state index contributed by atoms with van der Waals surface area (Å²) in [6.45, 7) is 0. The van der Waals surface area contributed by atoms with E-state index in [0.717, 1.165) is 0 Å². The van der Waals surface area contributed by atoms with Gasteiger partial charge in [0.25, 0.3) is 0 Å². The summed E-state index contributed by atoms with van der Waals surface area (Å²) in [4.78, 5) is 20.5. The van der Waals surface area contributed by atoms with Gasteiger partial charge in [-0.3, -0.25) is 9.59 Å². The van der Waals surface area contributed by atoms with Crippen molar-refractivity contribution < 1.29 is 9.59 Å². The molecule has 1 radical (unpaired) electrons. The second kappa shape index (κ2) is 1.74. The number of allylic oxidation sites excluding steroid dienone is 4. The molecule has 0 saturated heterocycles. The van der Waals surface area contributed by atoms with Gasteiger partial charge >= 0.3 is 0 Å². The fourth-order valence-electron chi connectivity index (χ4n) is 0.406. The van der Waals surface area contributed by atoms with Gasteiger partial charge in [-0.2, -0.15) is 0 Å². The quantitative estimate of drug-likeness (QED) is 0.324. The second-order valence-corrected chi connectivity index (χ2v) is 1.36. The molecule has 2 heteroatoms. The van der Waals surface area contributed by atoms with E-state index >= 15 is 0 Å². The lowest BCUT2D eigenvalue weighted by atomic mass is 10.1. The Labute approximate surface area is 46.5 Å². The summed E-state index contributed by atoms with van der Waals surface area (Å²) >= 11 is 0. The molecule has 0 atom stereocenters. The van der Waals surface area contributed by atoms with Crippen molar-refractivity contribution in [2.45, 2.75) is 0 Å². The maximum atomic E-state index is 10.3. The Bertz CT molecular complexity index is 165. The zero-order valence-corrected chi connectivity index (χ0v) is 4.05. The van der Waals surface area contributed by atoms with E-state index in [1.54, 1.807) is 0 Å². The number of hydrogen-bond donors (Lipinski definition) is 0. The Kier molecular flexibility index (Phi) is 1.08. The molecule has 2 nitrogen and oxygen atoms in total. The molecule has 0 saturated carbocycles. The third kappa shape index (κ3) is 0.729. The van der Waals surface area contributed by atoms with E-state index in [4.69, 9.17) is 0 Å². The highest BCUT2D eigenvalue weighted by Crippen LogP contribution is 1.89. The van der Waals surface area contributed by atoms with E-state index in [-0.39, 0.29) is 0 Å². The fourth-order valence-corrected chi connectivity index (χ4v) is 0.406. The molecular formula is C6H3O2. The largest absolute Gasteiger partial charge is 0.286 e. The first-order valence-electron chi connectivity index (χ1n) is 2.15. The van der Waals surface area contributed by atoms with Crippen LogP contribution in [0, 0.1) is 6.08 Å². The Morgan fingerprint density at radius 3 is 2.50 bits per heavy atom. The summed E-state index contributed by atoms with van der Waals surface area (Å²) in [6, 6.07) is 0. The summed E-state index contributed by atoms with van der Waals surface area (Å²) < 4.78 is 0. The fraction of sp³-hybridized carbons (Fsp3) is 0. The van der Waals surface area contributed by atoms with Gasteiger partial charge in [0.1, 0.15) is 0 Å². The molecule has 0 aromatic heterocycles. The van der Waals surface area contributed by atoms with Crippen LogP contribution in [-0.2, 0) is 9.59 Å². The minimum atomic E-state index is -0.562. The lowest BCUT2D eigenvalue weighted by Crippen LogP contribution is -2.09. The monoisotopic (exact) mass is 107 g/mol. The average Bonchev–Trinajstić information content (AvgIpc) is 1.77. The Balaban J connectivity index is 2.89. The maximum Gasteiger partial charge on any atom is 0.233 e. The highest BCUT2D eigenvalue weighted by Gasteiger charge is 2.07. The molecule has 1 aliphatic rings. The minimum absolute atomic E-state index is 0.493. The lowest BCUT2D eigenvalue weighted by Gasteiger charge is -1.87. The second-order valence-electron chi connectivity index (χ2n) is 1.36. The van der Waals surface area contributed by atoms with E-state index in [1.165, 1.54) is 18.2 Å². The Morgan fingerprint density at radius 1 is 1.38 bits per heavy atom. The van der Waals surface area contributed by atoms with Gasteiger partial charge in [0, 0.05) is 6.08 Å². The number of ketones is 2. The van der Waals surface area contributed by atoms with Crippen molar-refractivity contribution in [2.75, 3.05) is 0 Å². The molecule has 0 N–H and O–H groups in total. The van der Waals surface area contributed by atoms with Gasteiger partial charge in [-0.05, 0) is 6.08 Å². The zero-order valence-electron chi connectivity index (χ0n) is 4.05. The van der Waals surface area contributed by atoms with E-state index in [1.807, 2.05) is 0 Å². The van der Waals surface area contributed by atoms with Crippen LogP contribution in [0.5, 0.6) is 0 Å². The number of hydrogen-bond acceptors (Lipinski definition) is 2. The van der Waals surface area contributed by atoms with E-state index in [2.05, 4.69) is 6.08 Å². The normalized spacial score (nSPS) is 17.5. The summed E-state index contributed by atoms with van der Waals surface area (Å²) in [5.74, 6) is -1.06. The average molecular weight is 107 g/mol. The van der Waals surface area contributed by atoms with Crippen molar-refractivity contribution in [3.63, 3.8) is 0 Å². The van der Waals surface area contributed by atoms with Gasteiger partial charge in [-0.25, -0.2) is 0 Å². The van der Waals surface area contributed by atoms with Crippen molar-refractivity contribution in [1.82, 2.24) is 0 Å². The van der Waals surface area contributed by atoms with Crippen molar-refractivity contribution in [2.24, 2.45) is 0 Å². The molecule has 0 bridgehead atoms. The number of carbonyl (C=O) groups excluding carboxylic acids is 2.